The minimum absolute atomic E-state index is 0.0199. The number of benzene rings is 2. The molecule has 6 saturated heterocycles. The summed E-state index contributed by atoms with van der Waals surface area (Å²) in [4.78, 5) is 39.8. The van der Waals surface area contributed by atoms with E-state index in [4.69, 9.17) is 20.2 Å². The number of hydrogen-bond donors (Lipinski definition) is 3. The van der Waals surface area contributed by atoms with E-state index >= 15 is 4.39 Å². The van der Waals surface area contributed by atoms with E-state index in [2.05, 4.69) is 45.7 Å². The fourth-order valence-corrected chi connectivity index (χ4v) is 11.0. The van der Waals surface area contributed by atoms with Crippen LogP contribution in [0.1, 0.15) is 51.0 Å². The van der Waals surface area contributed by atoms with Gasteiger partial charge in [0.2, 0.25) is 5.91 Å². The number of phenolic OH excluding ortho intramolecular Hbond substituents is 1. The van der Waals surface area contributed by atoms with E-state index in [1.807, 2.05) is 42.6 Å². The summed E-state index contributed by atoms with van der Waals surface area (Å²) in [7, 11) is 0. The van der Waals surface area contributed by atoms with Crippen LogP contribution in [-0.4, -0.2) is 125 Å². The highest BCUT2D eigenvalue weighted by atomic mass is 19.1. The van der Waals surface area contributed by atoms with Crippen molar-refractivity contribution in [3.05, 3.63) is 78.9 Å². The van der Waals surface area contributed by atoms with Gasteiger partial charge in [-0.05, 0) is 80.1 Å². The van der Waals surface area contributed by atoms with Gasteiger partial charge in [-0.25, -0.2) is 14.2 Å². The minimum Gasteiger partial charge on any atom is -0.507 e. The number of piperidine rings is 2. The van der Waals surface area contributed by atoms with Crippen LogP contribution in [0.15, 0.2) is 73.1 Å². The monoisotopic (exact) mass is 871 g/mol. The van der Waals surface area contributed by atoms with Crippen LogP contribution in [0.3, 0.4) is 0 Å². The predicted molar refractivity (Wildman–Crippen MR) is 241 cm³/mol. The first-order chi connectivity index (χ1) is 31.2. The normalized spacial score (nSPS) is 23.4. The van der Waals surface area contributed by atoms with E-state index < -0.39 is 11.8 Å². The molecule has 2 bridgehead atoms. The molecule has 16 nitrogen and oxygen atoms in total. The molecule has 0 saturated carbocycles. The van der Waals surface area contributed by atoms with Crippen LogP contribution in [0.5, 0.6) is 5.75 Å². The highest BCUT2D eigenvalue weighted by Crippen LogP contribution is 2.41. The van der Waals surface area contributed by atoms with Crippen LogP contribution >= 0.6 is 0 Å². The van der Waals surface area contributed by atoms with E-state index in [1.54, 1.807) is 29.3 Å². The number of phenols is 1. The molecule has 4 N–H and O–H groups in total. The number of amides is 3. The Morgan fingerprint density at radius 3 is 2.34 bits per heavy atom. The second-order valence-corrected chi connectivity index (χ2v) is 18.4. The zero-order chi connectivity index (χ0) is 43.5. The number of fused-ring (bicyclic) bond motifs is 3. The van der Waals surface area contributed by atoms with Gasteiger partial charge in [0.1, 0.15) is 17.2 Å². The van der Waals surface area contributed by atoms with E-state index in [0.29, 0.717) is 54.1 Å². The van der Waals surface area contributed by atoms with Crippen molar-refractivity contribution in [3.63, 3.8) is 0 Å². The number of carbonyl (C=O) groups is 2. The fourth-order valence-electron chi connectivity index (χ4n) is 11.0. The second-order valence-electron chi connectivity index (χ2n) is 18.4. The fraction of sp³-hybridized carbons (Fsp3) is 0.468. The molecule has 17 heteroatoms. The van der Waals surface area contributed by atoms with Crippen LogP contribution in [0.25, 0.3) is 22.3 Å². The predicted octanol–water partition coefficient (Wildman–Crippen LogP) is 5.52. The van der Waals surface area contributed by atoms with Crippen molar-refractivity contribution in [2.24, 2.45) is 5.92 Å². The van der Waals surface area contributed by atoms with Crippen LogP contribution in [0.4, 0.5) is 37.8 Å². The smallest absolute Gasteiger partial charge is 0.328 e. The second kappa shape index (κ2) is 16.5. The molecule has 0 radical (unpaired) electrons. The summed E-state index contributed by atoms with van der Waals surface area (Å²) in [6.07, 6.45) is 9.67. The van der Waals surface area contributed by atoms with Crippen LogP contribution in [-0.2, 0) is 14.3 Å². The molecule has 6 fully saturated rings. The summed E-state index contributed by atoms with van der Waals surface area (Å²) >= 11 is 0. The third-order valence-corrected chi connectivity index (χ3v) is 14.5. The molecule has 2 atom stereocenters. The number of likely N-dealkylation sites (tertiary alicyclic amines) is 1. The number of pyridine rings is 1. The lowest BCUT2D eigenvalue weighted by molar-refractivity contribution is -0.295. The van der Waals surface area contributed by atoms with Gasteiger partial charge in [-0.2, -0.15) is 0 Å². The number of nitrogens with one attached hydrogen (secondary N) is 1. The van der Waals surface area contributed by atoms with Crippen molar-refractivity contribution in [1.29, 1.82) is 0 Å². The molecule has 3 amide bonds. The maximum Gasteiger partial charge on any atom is 0.328 e. The number of imide groups is 1. The van der Waals surface area contributed by atoms with E-state index in [9.17, 15) is 14.7 Å². The SMILES string of the molecule is Nc1nnc(-c2ccccc2O)cc1N1CC2CCC(C1)N2c1ccc(F)c(N2CCC(CN3CCC4(CC3)OCC(n3ccc5cc(N6CCC(=O)NC6=O)cnc53)CO4)CC2)c1. The number of aromatic hydroxyl groups is 1. The number of piperazine rings is 1. The Hall–Kier alpha value is -6.04. The molecular weight excluding hydrogens is 818 g/mol. The number of anilines is 5. The Labute approximate surface area is 370 Å². The molecule has 6 aliphatic heterocycles. The van der Waals surface area contributed by atoms with Crippen molar-refractivity contribution < 1.29 is 28.6 Å². The first kappa shape index (κ1) is 40.7. The Morgan fingerprint density at radius 2 is 1.59 bits per heavy atom. The number of rotatable bonds is 8. The number of carbonyl (C=O) groups excluding carboxylic acids is 2. The van der Waals surface area contributed by atoms with Crippen molar-refractivity contribution >= 4 is 51.5 Å². The Balaban J connectivity index is 0.664. The van der Waals surface area contributed by atoms with Gasteiger partial charge in [-0.15, -0.1) is 10.2 Å². The molecule has 1 spiro atoms. The summed E-state index contributed by atoms with van der Waals surface area (Å²) < 4.78 is 30.7. The molecular formula is C47H54FN11O5. The lowest BCUT2D eigenvalue weighted by Crippen LogP contribution is -2.54. The van der Waals surface area contributed by atoms with Gasteiger partial charge in [0.25, 0.3) is 0 Å². The molecule has 64 heavy (non-hydrogen) atoms. The van der Waals surface area contributed by atoms with Crippen molar-refractivity contribution in [3.8, 4) is 17.0 Å². The number of hydrogen-bond acceptors (Lipinski definition) is 13. The summed E-state index contributed by atoms with van der Waals surface area (Å²) in [6.45, 7) is 7.39. The molecule has 334 valence electrons. The highest BCUT2D eigenvalue weighted by Gasteiger charge is 2.43. The molecule has 6 aliphatic rings. The maximum absolute atomic E-state index is 15.6. The number of nitrogens with zero attached hydrogens (tertiary/aromatic N) is 9. The molecule has 2 unspecified atom stereocenters. The number of urea groups is 1. The van der Waals surface area contributed by atoms with Crippen LogP contribution in [0, 0.1) is 11.7 Å². The zero-order valence-electron chi connectivity index (χ0n) is 35.8. The van der Waals surface area contributed by atoms with Gasteiger partial charge in [-0.3, -0.25) is 15.0 Å². The van der Waals surface area contributed by atoms with Crippen molar-refractivity contribution in [2.45, 2.75) is 68.9 Å². The molecule has 9 heterocycles. The quantitative estimate of drug-likeness (QED) is 0.178. The number of aromatic nitrogens is 4. The Bertz CT molecular complexity index is 2550. The van der Waals surface area contributed by atoms with E-state index in [1.165, 1.54) is 0 Å². The largest absolute Gasteiger partial charge is 0.507 e. The standard InChI is InChI=1S/C47H54FN11O5/c48-38-8-7-32(59-33-5-6-34(59)27-56(26-33)41-23-39(52-53-44(41)49)37-3-1-2-4-42(37)60)22-40(38)55-15-9-30(10-16-55)25-54-19-13-47(14-20-54)63-28-36(29-64-47)57-17-11-31-21-35(24-50-45(31)57)58-18-12-43(61)51-46(58)62/h1-4,7-8,11,17,21-24,30,33-34,36,60H,5-6,9-10,12-16,18-20,25-29H2,(H2,49,53)(H,51,61,62). The average Bonchev–Trinajstić information content (AvgIpc) is 3.85. The first-order valence-electron chi connectivity index (χ1n) is 22.7. The molecule has 3 aromatic heterocycles. The summed E-state index contributed by atoms with van der Waals surface area (Å²) in [5.74, 6) is 0.0567. The topological polar surface area (TPSA) is 171 Å². The summed E-state index contributed by atoms with van der Waals surface area (Å²) in [6, 6.07) is 18.7. The van der Waals surface area contributed by atoms with Gasteiger partial charge in [0.05, 0.1) is 48.2 Å². The summed E-state index contributed by atoms with van der Waals surface area (Å²) in [5.41, 5.74) is 11.6. The minimum atomic E-state index is -0.575. The third-order valence-electron chi connectivity index (χ3n) is 14.5. The van der Waals surface area contributed by atoms with Gasteiger partial charge in [-0.1, -0.05) is 12.1 Å². The number of nitrogen functional groups attached to an aromatic ring is 1. The zero-order valence-corrected chi connectivity index (χ0v) is 35.8. The maximum atomic E-state index is 15.6. The lowest BCUT2D eigenvalue weighted by Gasteiger charge is -2.46. The summed E-state index contributed by atoms with van der Waals surface area (Å²) in [5, 5.41) is 22.3. The molecule has 2 aromatic carbocycles. The van der Waals surface area contributed by atoms with Gasteiger partial charge < -0.3 is 44.5 Å². The van der Waals surface area contributed by atoms with Crippen LogP contribution < -0.4 is 30.7 Å². The van der Waals surface area contributed by atoms with Crippen LogP contribution in [0.2, 0.25) is 0 Å². The first-order valence-corrected chi connectivity index (χ1v) is 22.7. The Morgan fingerprint density at radius 1 is 0.828 bits per heavy atom. The molecule has 5 aromatic rings. The third kappa shape index (κ3) is 7.62. The van der Waals surface area contributed by atoms with Gasteiger partial charge >= 0.3 is 6.03 Å². The lowest BCUT2D eigenvalue weighted by atomic mass is 9.94. The highest BCUT2D eigenvalue weighted by molar-refractivity contribution is 6.06. The number of para-hydroxylation sites is 1. The molecule has 11 rings (SSSR count). The average molecular weight is 872 g/mol. The Kier molecular flexibility index (Phi) is 10.5. The molecule has 0 aliphatic carbocycles. The van der Waals surface area contributed by atoms with Crippen molar-refractivity contribution in [1.82, 2.24) is 30.0 Å². The number of halogens is 1. The van der Waals surface area contributed by atoms with E-state index in [0.717, 1.165) is 107 Å². The van der Waals surface area contributed by atoms with E-state index in [-0.39, 0.29) is 42.0 Å². The van der Waals surface area contributed by atoms with Gasteiger partial charge in [0, 0.05) is 107 Å². The van der Waals surface area contributed by atoms with Gasteiger partial charge in [0.15, 0.2) is 11.6 Å². The number of nitrogens with two attached hydrogens (primary N) is 1. The number of ether oxygens (including phenoxy) is 2. The van der Waals surface area contributed by atoms with Crippen molar-refractivity contribution in [2.75, 3.05) is 90.9 Å².